The molecule has 1 heterocycles. The maximum absolute atomic E-state index is 13.4. The second-order valence-electron chi connectivity index (χ2n) is 7.80. The maximum atomic E-state index is 13.4. The van der Waals surface area contributed by atoms with Gasteiger partial charge in [-0.2, -0.15) is 0 Å². The Kier molecular flexibility index (Phi) is 4.33. The van der Waals surface area contributed by atoms with Crippen molar-refractivity contribution in [2.75, 3.05) is 21.0 Å². The molecular formula is C21H26O6. The van der Waals surface area contributed by atoms with Gasteiger partial charge in [-0.3, -0.25) is 4.79 Å². The van der Waals surface area contributed by atoms with Gasteiger partial charge in [0.05, 0.1) is 6.10 Å². The van der Waals surface area contributed by atoms with E-state index < -0.39 is 23.2 Å². The number of aliphatic hydroxyl groups is 1. The third-order valence-electron chi connectivity index (χ3n) is 6.97. The normalized spacial score (nSPS) is 39.6. The fourth-order valence-corrected chi connectivity index (χ4v) is 5.65. The van der Waals surface area contributed by atoms with Crippen LogP contribution in [0, 0.1) is 11.3 Å². The van der Waals surface area contributed by atoms with Crippen molar-refractivity contribution < 1.29 is 28.8 Å². The van der Waals surface area contributed by atoms with Gasteiger partial charge in [0.25, 0.3) is 0 Å². The van der Waals surface area contributed by atoms with Crippen LogP contribution in [0.1, 0.15) is 31.2 Å². The average molecular weight is 374 g/mol. The minimum atomic E-state index is -1.37. The summed E-state index contributed by atoms with van der Waals surface area (Å²) in [7, 11) is 3.03. The molecule has 1 N–H and O–H groups in total. The average Bonchev–Trinajstić information content (AvgIpc) is 3.18. The van der Waals surface area contributed by atoms with E-state index in [4.69, 9.17) is 18.9 Å². The lowest BCUT2D eigenvalue weighted by molar-refractivity contribution is -0.187. The lowest BCUT2D eigenvalue weighted by Crippen LogP contribution is -2.62. The molecule has 1 aromatic rings. The Hall–Kier alpha value is -1.89. The van der Waals surface area contributed by atoms with Gasteiger partial charge in [-0.25, -0.2) is 0 Å². The molecule has 1 aromatic carbocycles. The minimum absolute atomic E-state index is 0.0325. The molecule has 2 saturated carbocycles. The number of ketones is 1. The van der Waals surface area contributed by atoms with E-state index in [1.807, 2.05) is 24.3 Å². The van der Waals surface area contributed by atoms with Gasteiger partial charge in [0.2, 0.25) is 6.79 Å². The summed E-state index contributed by atoms with van der Waals surface area (Å²) in [6.07, 6.45) is 1.27. The number of aliphatic hydroxyl groups excluding tert-OH is 1. The molecule has 0 unspecified atom stereocenters. The van der Waals surface area contributed by atoms with Gasteiger partial charge in [-0.1, -0.05) is 19.1 Å². The summed E-state index contributed by atoms with van der Waals surface area (Å²) >= 11 is 0. The molecule has 4 rings (SSSR count). The van der Waals surface area contributed by atoms with Crippen LogP contribution < -0.4 is 9.47 Å². The summed E-state index contributed by atoms with van der Waals surface area (Å²) < 4.78 is 22.3. The standard InChI is InChI=1S/C21H26O6/c1-5-8-20-10-16(24-3)18(22)21(25-4,19(20)23)17(12(20)2)13-6-7-14-15(9-13)27-11-26-14/h5-7,9,12,16-17,19,23H,1,8,10-11H2,2-4H3/t12-,16+,17+,19-,20+,21-/m1/s1. The maximum Gasteiger partial charge on any atom is 0.231 e. The van der Waals surface area contributed by atoms with Crippen molar-refractivity contribution in [3.05, 3.63) is 36.4 Å². The Labute approximate surface area is 159 Å². The molecule has 0 radical (unpaired) electrons. The zero-order valence-electron chi connectivity index (χ0n) is 15.9. The molecule has 3 aliphatic rings. The second-order valence-corrected chi connectivity index (χ2v) is 7.80. The quantitative estimate of drug-likeness (QED) is 0.798. The van der Waals surface area contributed by atoms with Crippen molar-refractivity contribution in [2.24, 2.45) is 11.3 Å². The van der Waals surface area contributed by atoms with Crippen LogP contribution in [0.15, 0.2) is 30.9 Å². The van der Waals surface area contributed by atoms with Gasteiger partial charge < -0.3 is 24.1 Å². The topological polar surface area (TPSA) is 74.2 Å². The van der Waals surface area contributed by atoms with Gasteiger partial charge in [0.15, 0.2) is 22.9 Å². The van der Waals surface area contributed by atoms with E-state index in [0.29, 0.717) is 24.3 Å². The predicted octanol–water partition coefficient (Wildman–Crippen LogP) is 2.45. The number of ether oxygens (including phenoxy) is 4. The molecule has 6 heteroatoms. The Balaban J connectivity index is 1.90. The van der Waals surface area contributed by atoms with E-state index in [2.05, 4.69) is 13.5 Å². The molecule has 146 valence electrons. The molecule has 0 spiro atoms. The Bertz CT molecular complexity index is 776. The summed E-state index contributed by atoms with van der Waals surface area (Å²) in [4.78, 5) is 13.4. The van der Waals surface area contributed by atoms with Gasteiger partial charge >= 0.3 is 0 Å². The van der Waals surface area contributed by atoms with Crippen LogP contribution in [0.25, 0.3) is 0 Å². The third kappa shape index (κ3) is 2.21. The van der Waals surface area contributed by atoms with E-state index in [0.717, 1.165) is 5.56 Å². The van der Waals surface area contributed by atoms with Crippen molar-refractivity contribution in [3.63, 3.8) is 0 Å². The van der Waals surface area contributed by atoms with Crippen molar-refractivity contribution in [3.8, 4) is 11.5 Å². The van der Waals surface area contributed by atoms with E-state index >= 15 is 0 Å². The van der Waals surface area contributed by atoms with E-state index in [1.54, 1.807) is 0 Å². The zero-order valence-corrected chi connectivity index (χ0v) is 15.9. The van der Waals surface area contributed by atoms with Gasteiger partial charge in [-0.05, 0) is 36.5 Å². The monoisotopic (exact) mass is 374 g/mol. The summed E-state index contributed by atoms with van der Waals surface area (Å²) in [6, 6.07) is 5.68. The van der Waals surface area contributed by atoms with Crippen LogP contribution in [0.4, 0.5) is 0 Å². The molecule has 0 saturated heterocycles. The fourth-order valence-electron chi connectivity index (χ4n) is 5.65. The Morgan fingerprint density at radius 3 is 2.74 bits per heavy atom. The van der Waals surface area contributed by atoms with Crippen LogP contribution in [0.5, 0.6) is 11.5 Å². The van der Waals surface area contributed by atoms with Gasteiger partial charge in [-0.15, -0.1) is 6.58 Å². The molecule has 6 nitrogen and oxygen atoms in total. The van der Waals surface area contributed by atoms with Crippen LogP contribution in [0.2, 0.25) is 0 Å². The van der Waals surface area contributed by atoms with E-state index in [-0.39, 0.29) is 24.4 Å². The molecule has 27 heavy (non-hydrogen) atoms. The highest BCUT2D eigenvalue weighted by Gasteiger charge is 2.74. The smallest absolute Gasteiger partial charge is 0.231 e. The number of hydrogen-bond donors (Lipinski definition) is 1. The highest BCUT2D eigenvalue weighted by atomic mass is 16.7. The summed E-state index contributed by atoms with van der Waals surface area (Å²) in [6.45, 7) is 6.14. The number of rotatable bonds is 5. The number of Topliss-reactive ketones (excluding diaryl/α,β-unsaturated/α-hetero) is 1. The number of carbonyl (C=O) groups excluding carboxylic acids is 1. The van der Waals surface area contributed by atoms with Crippen LogP contribution in [-0.2, 0) is 14.3 Å². The zero-order chi connectivity index (χ0) is 19.4. The highest BCUT2D eigenvalue weighted by Crippen LogP contribution is 2.65. The summed E-state index contributed by atoms with van der Waals surface area (Å²) in [5, 5.41) is 11.4. The molecule has 1 aliphatic heterocycles. The molecule has 0 amide bonds. The molecule has 6 atom stereocenters. The van der Waals surface area contributed by atoms with Crippen LogP contribution >= 0.6 is 0 Å². The first-order valence-corrected chi connectivity index (χ1v) is 9.27. The van der Waals surface area contributed by atoms with Crippen LogP contribution in [-0.4, -0.2) is 49.7 Å². The Morgan fingerprint density at radius 2 is 2.07 bits per heavy atom. The Morgan fingerprint density at radius 1 is 1.33 bits per heavy atom. The van der Waals surface area contributed by atoms with E-state index in [9.17, 15) is 9.90 Å². The fraction of sp³-hybridized carbons (Fsp3) is 0.571. The number of fused-ring (bicyclic) bond motifs is 3. The first-order chi connectivity index (χ1) is 13.0. The van der Waals surface area contributed by atoms with Gasteiger partial charge in [0.1, 0.15) is 6.10 Å². The number of carbonyl (C=O) groups is 1. The lowest BCUT2D eigenvalue weighted by atomic mass is 9.65. The van der Waals surface area contributed by atoms with Crippen molar-refractivity contribution >= 4 is 5.78 Å². The first kappa shape index (κ1) is 18.5. The largest absolute Gasteiger partial charge is 0.454 e. The van der Waals surface area contributed by atoms with E-state index in [1.165, 1.54) is 14.2 Å². The number of methoxy groups -OCH3 is 2. The molecular weight excluding hydrogens is 348 g/mol. The van der Waals surface area contributed by atoms with Gasteiger partial charge in [0, 0.05) is 25.6 Å². The van der Waals surface area contributed by atoms with Crippen molar-refractivity contribution in [2.45, 2.75) is 43.5 Å². The minimum Gasteiger partial charge on any atom is -0.454 e. The molecule has 0 aromatic heterocycles. The summed E-state index contributed by atoms with van der Waals surface area (Å²) in [5.74, 6) is 0.762. The highest BCUT2D eigenvalue weighted by molar-refractivity contribution is 5.95. The van der Waals surface area contributed by atoms with Crippen LogP contribution in [0.3, 0.4) is 0 Å². The predicted molar refractivity (Wildman–Crippen MR) is 97.9 cm³/mol. The molecule has 2 aliphatic carbocycles. The first-order valence-electron chi connectivity index (χ1n) is 9.27. The van der Waals surface area contributed by atoms with Crippen molar-refractivity contribution in [1.82, 2.24) is 0 Å². The molecule has 2 bridgehead atoms. The van der Waals surface area contributed by atoms with Crippen molar-refractivity contribution in [1.29, 1.82) is 0 Å². The lowest BCUT2D eigenvalue weighted by Gasteiger charge is -2.46. The SMILES string of the molecule is C=CC[C@]12C[C@H](OC)C(=O)[C@](OC)([C@H](c3ccc4c(c3)OCO4)[C@H]1C)[C@@H]2O. The number of benzene rings is 1. The summed E-state index contributed by atoms with van der Waals surface area (Å²) in [5.41, 5.74) is -1.02. The number of hydrogen-bond acceptors (Lipinski definition) is 6. The molecule has 2 fully saturated rings. The second kappa shape index (κ2) is 6.33. The number of allylic oxidation sites excluding steroid dienone is 1. The third-order valence-corrected chi connectivity index (χ3v) is 6.97.